The van der Waals surface area contributed by atoms with E-state index in [0.717, 1.165) is 18.4 Å². The number of benzene rings is 1. The van der Waals surface area contributed by atoms with Gasteiger partial charge in [-0.05, 0) is 24.5 Å². The summed E-state index contributed by atoms with van der Waals surface area (Å²) in [6.45, 7) is 0. The van der Waals surface area contributed by atoms with Gasteiger partial charge in [-0.15, -0.1) is 6.42 Å². The van der Waals surface area contributed by atoms with Gasteiger partial charge in [-0.1, -0.05) is 37.0 Å². The van der Waals surface area contributed by atoms with Crippen LogP contribution in [0, 0.1) is 12.3 Å². The molecule has 0 bridgehead atoms. The predicted molar refractivity (Wildman–Crippen MR) is 62.2 cm³/mol. The lowest BCUT2D eigenvalue weighted by Crippen LogP contribution is -2.33. The van der Waals surface area contributed by atoms with E-state index in [1.165, 1.54) is 0 Å². The molecule has 0 aromatic heterocycles. The Bertz CT molecular complexity index is 448. The highest BCUT2D eigenvalue weighted by molar-refractivity contribution is 5.83. The summed E-state index contributed by atoms with van der Waals surface area (Å²) in [5.74, 6) is 1.85. The average molecular weight is 214 g/mol. The Morgan fingerprint density at radius 2 is 1.94 bits per heavy atom. The van der Waals surface area contributed by atoms with Crippen LogP contribution in [0.4, 0.5) is 0 Å². The fraction of sp³-hybridized carbons (Fsp3) is 0.357. The summed E-state index contributed by atoms with van der Waals surface area (Å²) < 4.78 is 0. The van der Waals surface area contributed by atoms with Crippen LogP contribution in [-0.2, 0) is 10.2 Å². The molecule has 0 amide bonds. The van der Waals surface area contributed by atoms with Gasteiger partial charge in [0.2, 0.25) is 0 Å². The second-order valence-electron chi connectivity index (χ2n) is 4.28. The van der Waals surface area contributed by atoms with Crippen molar-refractivity contribution in [2.45, 2.75) is 31.1 Å². The van der Waals surface area contributed by atoms with Gasteiger partial charge >= 0.3 is 5.97 Å². The quantitative estimate of drug-likeness (QED) is 0.768. The van der Waals surface area contributed by atoms with Crippen molar-refractivity contribution in [3.63, 3.8) is 0 Å². The summed E-state index contributed by atoms with van der Waals surface area (Å²) >= 11 is 0. The van der Waals surface area contributed by atoms with Crippen molar-refractivity contribution in [3.05, 3.63) is 35.4 Å². The van der Waals surface area contributed by atoms with Crippen LogP contribution in [0.5, 0.6) is 0 Å². The summed E-state index contributed by atoms with van der Waals surface area (Å²) in [5.41, 5.74) is 0.775. The van der Waals surface area contributed by atoms with Crippen LogP contribution in [0.1, 0.15) is 36.8 Å². The first-order chi connectivity index (χ1) is 7.70. The normalized spacial score (nSPS) is 17.9. The number of carboxylic acid groups (broad SMARTS) is 1. The minimum absolute atomic E-state index is 0.695. The van der Waals surface area contributed by atoms with Gasteiger partial charge in [0.25, 0.3) is 0 Å². The molecule has 0 saturated heterocycles. The van der Waals surface area contributed by atoms with Gasteiger partial charge in [-0.2, -0.15) is 0 Å². The van der Waals surface area contributed by atoms with Crippen molar-refractivity contribution < 1.29 is 9.90 Å². The van der Waals surface area contributed by atoms with Gasteiger partial charge in [0.05, 0.1) is 5.41 Å². The molecule has 1 aromatic rings. The molecular formula is C14H14O2. The highest BCUT2D eigenvalue weighted by Crippen LogP contribution is 2.42. The molecule has 1 aromatic carbocycles. The summed E-state index contributed by atoms with van der Waals surface area (Å²) in [5, 5.41) is 9.47. The maximum absolute atomic E-state index is 11.5. The zero-order valence-corrected chi connectivity index (χ0v) is 9.07. The molecule has 16 heavy (non-hydrogen) atoms. The first-order valence-electron chi connectivity index (χ1n) is 5.50. The molecule has 0 aliphatic heterocycles. The Morgan fingerprint density at radius 3 is 2.50 bits per heavy atom. The minimum atomic E-state index is -0.747. The molecule has 1 aliphatic rings. The Hall–Kier alpha value is -1.75. The number of hydrogen-bond donors (Lipinski definition) is 1. The molecule has 0 atom stereocenters. The monoisotopic (exact) mass is 214 g/mol. The highest BCUT2D eigenvalue weighted by atomic mass is 16.4. The largest absolute Gasteiger partial charge is 0.481 e. The number of aliphatic carboxylic acids is 1. The fourth-order valence-electron chi connectivity index (χ4n) is 2.60. The molecule has 1 N–H and O–H groups in total. The summed E-state index contributed by atoms with van der Waals surface area (Å²) in [7, 11) is 0. The molecule has 2 nitrogen and oxygen atoms in total. The Morgan fingerprint density at radius 1 is 1.31 bits per heavy atom. The molecule has 1 saturated carbocycles. The SMILES string of the molecule is C#Cc1ccccc1C1(C(=O)O)CCCC1. The van der Waals surface area contributed by atoms with Gasteiger partial charge in [-0.3, -0.25) is 4.79 Å². The second kappa shape index (κ2) is 4.02. The van der Waals surface area contributed by atoms with Crippen LogP contribution in [0.25, 0.3) is 0 Å². The first-order valence-corrected chi connectivity index (χ1v) is 5.50. The van der Waals surface area contributed by atoms with Crippen LogP contribution in [0.15, 0.2) is 24.3 Å². The van der Waals surface area contributed by atoms with E-state index in [1.807, 2.05) is 24.3 Å². The van der Waals surface area contributed by atoms with E-state index < -0.39 is 11.4 Å². The van der Waals surface area contributed by atoms with Crippen molar-refractivity contribution >= 4 is 5.97 Å². The van der Waals surface area contributed by atoms with Gasteiger partial charge in [0.15, 0.2) is 0 Å². The zero-order chi connectivity index (χ0) is 11.6. The maximum atomic E-state index is 11.5. The van der Waals surface area contributed by atoms with Crippen LogP contribution in [-0.4, -0.2) is 11.1 Å². The summed E-state index contributed by atoms with van der Waals surface area (Å²) in [6, 6.07) is 7.38. The number of hydrogen-bond acceptors (Lipinski definition) is 1. The molecule has 2 rings (SSSR count). The lowest BCUT2D eigenvalue weighted by Gasteiger charge is -2.25. The van der Waals surface area contributed by atoms with Crippen LogP contribution in [0.3, 0.4) is 0 Å². The molecule has 0 unspecified atom stereocenters. The molecule has 82 valence electrons. The Labute approximate surface area is 95.3 Å². The van der Waals surface area contributed by atoms with Crippen LogP contribution in [0.2, 0.25) is 0 Å². The molecule has 0 spiro atoms. The van der Waals surface area contributed by atoms with Gasteiger partial charge in [-0.25, -0.2) is 0 Å². The van der Waals surface area contributed by atoms with Crippen molar-refractivity contribution in [3.8, 4) is 12.3 Å². The van der Waals surface area contributed by atoms with Gasteiger partial charge in [0, 0.05) is 5.56 Å². The molecule has 1 aliphatic carbocycles. The Kier molecular flexibility index (Phi) is 2.70. The molecule has 2 heteroatoms. The standard InChI is InChI=1S/C14H14O2/c1-2-11-7-3-4-8-12(11)14(13(15)16)9-5-6-10-14/h1,3-4,7-8H,5-6,9-10H2,(H,15,16). The van der Waals surface area contributed by atoms with Crippen molar-refractivity contribution in [1.82, 2.24) is 0 Å². The van der Waals surface area contributed by atoms with Crippen LogP contribution >= 0.6 is 0 Å². The number of rotatable bonds is 2. The lowest BCUT2D eigenvalue weighted by atomic mass is 9.77. The molecular weight excluding hydrogens is 200 g/mol. The minimum Gasteiger partial charge on any atom is -0.481 e. The van der Waals surface area contributed by atoms with E-state index in [9.17, 15) is 9.90 Å². The third-order valence-corrected chi connectivity index (χ3v) is 3.46. The van der Waals surface area contributed by atoms with E-state index >= 15 is 0 Å². The third-order valence-electron chi connectivity index (χ3n) is 3.46. The fourth-order valence-corrected chi connectivity index (χ4v) is 2.60. The third kappa shape index (κ3) is 1.49. The van der Waals surface area contributed by atoms with Gasteiger partial charge in [0.1, 0.15) is 0 Å². The van der Waals surface area contributed by atoms with E-state index in [4.69, 9.17) is 6.42 Å². The van der Waals surface area contributed by atoms with E-state index in [1.54, 1.807) is 0 Å². The first kappa shape index (κ1) is 10.8. The van der Waals surface area contributed by atoms with E-state index in [2.05, 4.69) is 5.92 Å². The predicted octanol–water partition coefficient (Wildman–Crippen LogP) is 2.56. The molecule has 0 heterocycles. The number of terminal acetylenes is 1. The van der Waals surface area contributed by atoms with Crippen molar-refractivity contribution in [2.24, 2.45) is 0 Å². The summed E-state index contributed by atoms with van der Waals surface area (Å²) in [6.07, 6.45) is 8.75. The second-order valence-corrected chi connectivity index (χ2v) is 4.28. The smallest absolute Gasteiger partial charge is 0.314 e. The number of carbonyl (C=O) groups is 1. The van der Waals surface area contributed by atoms with Crippen LogP contribution < -0.4 is 0 Å². The highest BCUT2D eigenvalue weighted by Gasteiger charge is 2.43. The molecule has 0 radical (unpaired) electrons. The number of carboxylic acids is 1. The topological polar surface area (TPSA) is 37.3 Å². The lowest BCUT2D eigenvalue weighted by molar-refractivity contribution is -0.143. The molecule has 1 fully saturated rings. The van der Waals surface area contributed by atoms with E-state index in [-0.39, 0.29) is 0 Å². The summed E-state index contributed by atoms with van der Waals surface area (Å²) in [4.78, 5) is 11.5. The maximum Gasteiger partial charge on any atom is 0.314 e. The van der Waals surface area contributed by atoms with E-state index in [0.29, 0.717) is 18.4 Å². The zero-order valence-electron chi connectivity index (χ0n) is 9.07. The van der Waals surface area contributed by atoms with Crippen molar-refractivity contribution in [1.29, 1.82) is 0 Å². The average Bonchev–Trinajstić information content (AvgIpc) is 2.79. The Balaban J connectivity index is 2.56. The van der Waals surface area contributed by atoms with Gasteiger partial charge < -0.3 is 5.11 Å². The van der Waals surface area contributed by atoms with Crippen molar-refractivity contribution in [2.75, 3.05) is 0 Å².